The Labute approximate surface area is 234 Å². The zero-order valence-electron chi connectivity index (χ0n) is 23.8. The first-order valence-electron chi connectivity index (χ1n) is 14.5. The zero-order chi connectivity index (χ0) is 28.6. The number of ether oxygens (including phenoxy) is 1. The smallest absolute Gasteiger partial charge is 0.315 e. The third-order valence-corrected chi connectivity index (χ3v) is 7.53. The maximum absolute atomic E-state index is 12.7. The molecule has 0 spiro atoms. The SMILES string of the molecule is CCCCCCCCCCCCOC(=O)C1(C)C=CC(C=C(O)C(CO)(CO)C(O)=Cc2ccccc2)=CC1. The van der Waals surface area contributed by atoms with Gasteiger partial charge in [0, 0.05) is 0 Å². The fourth-order valence-electron chi connectivity index (χ4n) is 4.57. The highest BCUT2D eigenvalue weighted by atomic mass is 16.5. The van der Waals surface area contributed by atoms with Gasteiger partial charge in [0.1, 0.15) is 16.9 Å². The number of carbonyl (C=O) groups excluding carboxylic acids is 1. The summed E-state index contributed by atoms with van der Waals surface area (Å²) < 4.78 is 5.56. The minimum Gasteiger partial charge on any atom is -0.511 e. The molecule has 0 heterocycles. The van der Waals surface area contributed by atoms with E-state index in [1.807, 2.05) is 13.0 Å². The molecule has 1 atom stereocenters. The first-order valence-corrected chi connectivity index (χ1v) is 14.5. The Morgan fingerprint density at radius 3 is 2.00 bits per heavy atom. The predicted octanol–water partition coefficient (Wildman–Crippen LogP) is 7.36. The number of aliphatic hydroxyl groups is 4. The maximum atomic E-state index is 12.7. The van der Waals surface area contributed by atoms with E-state index in [4.69, 9.17) is 4.74 Å². The van der Waals surface area contributed by atoms with E-state index in [0.29, 0.717) is 24.2 Å². The lowest BCUT2D eigenvalue weighted by atomic mass is 9.80. The summed E-state index contributed by atoms with van der Waals surface area (Å²) in [5.74, 6) is -1.00. The van der Waals surface area contributed by atoms with Crippen molar-refractivity contribution in [3.8, 4) is 0 Å². The summed E-state index contributed by atoms with van der Waals surface area (Å²) in [6.07, 6.45) is 20.7. The van der Waals surface area contributed by atoms with E-state index in [9.17, 15) is 25.2 Å². The van der Waals surface area contributed by atoms with E-state index in [-0.39, 0.29) is 17.5 Å². The molecule has 0 saturated heterocycles. The van der Waals surface area contributed by atoms with Gasteiger partial charge < -0.3 is 25.2 Å². The molecule has 2 rings (SSSR count). The first-order chi connectivity index (χ1) is 18.8. The first kappa shape index (κ1) is 32.4. The van der Waals surface area contributed by atoms with Gasteiger partial charge in [0.2, 0.25) is 0 Å². The van der Waals surface area contributed by atoms with E-state index in [2.05, 4.69) is 6.92 Å². The molecule has 0 amide bonds. The van der Waals surface area contributed by atoms with Gasteiger partial charge in [0.05, 0.1) is 25.2 Å². The molecule has 6 nitrogen and oxygen atoms in total. The average Bonchev–Trinajstić information content (AvgIpc) is 2.94. The van der Waals surface area contributed by atoms with Gasteiger partial charge >= 0.3 is 5.97 Å². The Kier molecular flexibility index (Phi) is 14.1. The molecule has 6 heteroatoms. The number of hydrogen-bond donors (Lipinski definition) is 4. The van der Waals surface area contributed by atoms with Crippen LogP contribution in [0.5, 0.6) is 0 Å². The second kappa shape index (κ2) is 17.0. The van der Waals surface area contributed by atoms with Crippen molar-refractivity contribution in [1.82, 2.24) is 0 Å². The summed E-state index contributed by atoms with van der Waals surface area (Å²) in [6.45, 7) is 3.08. The van der Waals surface area contributed by atoms with Crippen molar-refractivity contribution in [2.24, 2.45) is 10.8 Å². The van der Waals surface area contributed by atoms with Crippen LogP contribution in [-0.4, -0.2) is 46.2 Å². The van der Waals surface area contributed by atoms with Crippen molar-refractivity contribution in [3.63, 3.8) is 0 Å². The molecular weight excluding hydrogens is 492 g/mol. The van der Waals surface area contributed by atoms with Crippen LogP contribution in [-0.2, 0) is 9.53 Å². The van der Waals surface area contributed by atoms with Crippen molar-refractivity contribution in [1.29, 1.82) is 0 Å². The van der Waals surface area contributed by atoms with Gasteiger partial charge in [-0.15, -0.1) is 0 Å². The van der Waals surface area contributed by atoms with E-state index in [1.54, 1.807) is 42.5 Å². The topological polar surface area (TPSA) is 107 Å². The molecule has 0 radical (unpaired) electrons. The zero-order valence-corrected chi connectivity index (χ0v) is 23.8. The minimum absolute atomic E-state index is 0.276. The molecule has 216 valence electrons. The van der Waals surface area contributed by atoms with Gasteiger partial charge in [-0.25, -0.2) is 0 Å². The molecule has 0 saturated carbocycles. The molecule has 39 heavy (non-hydrogen) atoms. The van der Waals surface area contributed by atoms with Gasteiger partial charge in [-0.3, -0.25) is 4.79 Å². The molecule has 1 aliphatic rings. The highest BCUT2D eigenvalue weighted by Gasteiger charge is 2.39. The second-order valence-electron chi connectivity index (χ2n) is 10.8. The molecule has 1 aliphatic carbocycles. The summed E-state index contributed by atoms with van der Waals surface area (Å²) in [5.41, 5.74) is -1.28. The molecule has 4 N–H and O–H groups in total. The summed E-state index contributed by atoms with van der Waals surface area (Å²) in [4.78, 5) is 12.7. The second-order valence-corrected chi connectivity index (χ2v) is 10.8. The van der Waals surface area contributed by atoms with E-state index >= 15 is 0 Å². The molecule has 1 aromatic carbocycles. The van der Waals surface area contributed by atoms with E-state index < -0.39 is 24.0 Å². The average molecular weight is 541 g/mol. The lowest BCUT2D eigenvalue weighted by Gasteiger charge is -2.29. The highest BCUT2D eigenvalue weighted by molar-refractivity contribution is 5.79. The third-order valence-electron chi connectivity index (χ3n) is 7.53. The number of aliphatic hydroxyl groups excluding tert-OH is 4. The monoisotopic (exact) mass is 540 g/mol. The molecule has 0 aliphatic heterocycles. The summed E-state index contributed by atoms with van der Waals surface area (Å²) >= 11 is 0. The predicted molar refractivity (Wildman–Crippen MR) is 157 cm³/mol. The van der Waals surface area contributed by atoms with Crippen molar-refractivity contribution in [3.05, 3.63) is 77.3 Å². The Morgan fingerprint density at radius 2 is 1.46 bits per heavy atom. The van der Waals surface area contributed by atoms with Crippen LogP contribution in [0.25, 0.3) is 6.08 Å². The number of rotatable bonds is 18. The van der Waals surface area contributed by atoms with Gasteiger partial charge in [-0.1, -0.05) is 113 Å². The van der Waals surface area contributed by atoms with Crippen molar-refractivity contribution >= 4 is 12.0 Å². The maximum Gasteiger partial charge on any atom is 0.315 e. The van der Waals surface area contributed by atoms with E-state index in [1.165, 1.54) is 63.5 Å². The van der Waals surface area contributed by atoms with Crippen LogP contribution in [0.4, 0.5) is 0 Å². The van der Waals surface area contributed by atoms with Crippen LogP contribution >= 0.6 is 0 Å². The molecule has 1 aromatic rings. The largest absolute Gasteiger partial charge is 0.511 e. The fraction of sp³-hybridized carbons (Fsp3) is 0.545. The summed E-state index contributed by atoms with van der Waals surface area (Å²) in [6, 6.07) is 8.95. The Balaban J connectivity index is 1.86. The molecular formula is C33H48O6. The van der Waals surface area contributed by atoms with Gasteiger partial charge in [-0.2, -0.15) is 0 Å². The van der Waals surface area contributed by atoms with Gasteiger partial charge in [-0.05, 0) is 43.1 Å². The molecule has 0 bridgehead atoms. The van der Waals surface area contributed by atoms with Gasteiger partial charge in [0.25, 0.3) is 0 Å². The molecule has 0 fully saturated rings. The number of esters is 1. The number of benzene rings is 1. The Morgan fingerprint density at radius 1 is 0.897 bits per heavy atom. The third kappa shape index (κ3) is 10.0. The van der Waals surface area contributed by atoms with Crippen LogP contribution in [0.1, 0.15) is 90.0 Å². The fourth-order valence-corrected chi connectivity index (χ4v) is 4.57. The van der Waals surface area contributed by atoms with Crippen LogP contribution in [0.2, 0.25) is 0 Å². The van der Waals surface area contributed by atoms with E-state index in [0.717, 1.165) is 12.8 Å². The number of carbonyl (C=O) groups is 1. The standard InChI is InChI=1S/C33H48O6/c1-3-4-5-6-7-8-9-10-11-15-22-39-31(38)32(2)20-18-28(19-21-32)24-30(37)33(25-34,26-35)29(36)23-27-16-13-12-14-17-27/h12-14,16-20,23-24,34-37H,3-11,15,21-22,25-26H2,1-2H3. The van der Waals surface area contributed by atoms with Crippen LogP contribution in [0.15, 0.2) is 71.7 Å². The minimum atomic E-state index is -1.75. The number of allylic oxidation sites excluding steroid dienone is 4. The Hall–Kier alpha value is -2.83. The van der Waals surface area contributed by atoms with Crippen molar-refractivity contribution < 1.29 is 30.0 Å². The quantitative estimate of drug-likeness (QED) is 0.0881. The van der Waals surface area contributed by atoms with Crippen LogP contribution in [0.3, 0.4) is 0 Å². The lowest BCUT2D eigenvalue weighted by Crippen LogP contribution is -2.34. The number of hydrogen-bond acceptors (Lipinski definition) is 6. The highest BCUT2D eigenvalue weighted by Crippen LogP contribution is 2.36. The summed E-state index contributed by atoms with van der Waals surface area (Å²) in [5, 5.41) is 41.6. The van der Waals surface area contributed by atoms with Crippen molar-refractivity contribution in [2.45, 2.75) is 84.5 Å². The lowest BCUT2D eigenvalue weighted by molar-refractivity contribution is -0.152. The van der Waals surface area contributed by atoms with Crippen molar-refractivity contribution in [2.75, 3.05) is 19.8 Å². The molecule has 0 aromatic heterocycles. The van der Waals surface area contributed by atoms with Crippen LogP contribution < -0.4 is 0 Å². The molecule has 1 unspecified atom stereocenters. The normalized spacial score (nSPS) is 18.2. The number of unbranched alkanes of at least 4 members (excludes halogenated alkanes) is 9. The van der Waals surface area contributed by atoms with Crippen LogP contribution in [0, 0.1) is 10.8 Å². The summed E-state index contributed by atoms with van der Waals surface area (Å²) in [7, 11) is 0. The Bertz CT molecular complexity index is 987. The van der Waals surface area contributed by atoms with Gasteiger partial charge in [0.15, 0.2) is 0 Å².